The van der Waals surface area contributed by atoms with E-state index in [0.29, 0.717) is 18.0 Å². The predicted molar refractivity (Wildman–Crippen MR) is 79.4 cm³/mol. The van der Waals surface area contributed by atoms with Crippen molar-refractivity contribution in [1.82, 2.24) is 5.32 Å². The second kappa shape index (κ2) is 5.39. The average molecular weight is 288 g/mol. The first-order chi connectivity index (χ1) is 10.2. The number of hydrogen-bond acceptors (Lipinski definition) is 3. The summed E-state index contributed by atoms with van der Waals surface area (Å²) >= 11 is 0. The Kier molecular flexibility index (Phi) is 3.57. The lowest BCUT2D eigenvalue weighted by Crippen LogP contribution is -2.61. The largest absolute Gasteiger partial charge is 0.497 e. The first kappa shape index (κ1) is 13.9. The highest BCUT2D eigenvalue weighted by Crippen LogP contribution is 2.40. The molecule has 5 heteroatoms. The number of anilines is 1. The van der Waals surface area contributed by atoms with Gasteiger partial charge in [0.2, 0.25) is 5.91 Å². The lowest BCUT2D eigenvalue weighted by atomic mass is 9.72. The number of methoxy groups -OCH3 is 1. The molecule has 0 atom stereocenters. The van der Waals surface area contributed by atoms with Gasteiger partial charge in [0, 0.05) is 12.6 Å². The number of amides is 3. The number of carbonyl (C=O) groups is 2. The van der Waals surface area contributed by atoms with Crippen molar-refractivity contribution < 1.29 is 14.3 Å². The van der Waals surface area contributed by atoms with Crippen LogP contribution in [0.25, 0.3) is 0 Å². The summed E-state index contributed by atoms with van der Waals surface area (Å²) in [5.41, 5.74) is 0.149. The Balaban J connectivity index is 1.95. The number of nitrogens with zero attached hydrogens (tertiary/aromatic N) is 1. The van der Waals surface area contributed by atoms with Crippen LogP contribution >= 0.6 is 0 Å². The van der Waals surface area contributed by atoms with Gasteiger partial charge in [-0.2, -0.15) is 0 Å². The van der Waals surface area contributed by atoms with E-state index in [2.05, 4.69) is 5.32 Å². The van der Waals surface area contributed by atoms with E-state index in [1.807, 2.05) is 0 Å². The zero-order valence-corrected chi connectivity index (χ0v) is 12.2. The van der Waals surface area contributed by atoms with E-state index in [-0.39, 0.29) is 11.9 Å². The molecule has 1 saturated heterocycles. The van der Waals surface area contributed by atoms with Gasteiger partial charge in [-0.05, 0) is 25.0 Å². The number of urea groups is 1. The zero-order valence-electron chi connectivity index (χ0n) is 12.2. The highest BCUT2D eigenvalue weighted by molar-refractivity contribution is 6.18. The fourth-order valence-electron chi connectivity index (χ4n) is 3.33. The molecule has 0 bridgehead atoms. The summed E-state index contributed by atoms with van der Waals surface area (Å²) in [5.74, 6) is 0.565. The highest BCUT2D eigenvalue weighted by atomic mass is 16.5. The molecule has 0 radical (unpaired) electrons. The van der Waals surface area contributed by atoms with Crippen molar-refractivity contribution in [1.29, 1.82) is 0 Å². The van der Waals surface area contributed by atoms with Crippen molar-refractivity contribution in [2.75, 3.05) is 18.6 Å². The van der Waals surface area contributed by atoms with Crippen LogP contribution in [0.4, 0.5) is 10.5 Å². The minimum Gasteiger partial charge on any atom is -0.497 e. The number of hydrogen-bond donors (Lipinski definition) is 1. The van der Waals surface area contributed by atoms with Gasteiger partial charge in [0.15, 0.2) is 0 Å². The summed E-state index contributed by atoms with van der Waals surface area (Å²) in [5, 5.41) is 2.88. The molecule has 1 aliphatic heterocycles. The summed E-state index contributed by atoms with van der Waals surface area (Å²) in [6.45, 7) is 0.463. The minimum absolute atomic E-state index is 0.0702. The van der Waals surface area contributed by atoms with Gasteiger partial charge in [-0.15, -0.1) is 0 Å². The maximum atomic E-state index is 12.9. The molecule has 5 nitrogen and oxygen atoms in total. The van der Waals surface area contributed by atoms with Gasteiger partial charge in [0.25, 0.3) is 0 Å². The first-order valence-electron chi connectivity index (χ1n) is 7.43. The SMILES string of the molecule is COc1cccc(N2C(=O)NCC3(CCCCC3)C2=O)c1. The third-order valence-corrected chi connectivity index (χ3v) is 4.56. The maximum Gasteiger partial charge on any atom is 0.328 e. The minimum atomic E-state index is -0.421. The number of benzene rings is 1. The van der Waals surface area contributed by atoms with Gasteiger partial charge >= 0.3 is 6.03 Å². The lowest BCUT2D eigenvalue weighted by Gasteiger charge is -2.43. The molecule has 3 amide bonds. The molecule has 1 aliphatic carbocycles. The fraction of sp³-hybridized carbons (Fsp3) is 0.500. The molecular formula is C16H20N2O3. The molecule has 3 rings (SSSR count). The molecule has 0 aromatic heterocycles. The summed E-state index contributed by atoms with van der Waals surface area (Å²) in [6, 6.07) is 6.73. The number of carbonyl (C=O) groups excluding carboxylic acids is 2. The number of imide groups is 1. The topological polar surface area (TPSA) is 58.6 Å². The van der Waals surface area contributed by atoms with Crippen molar-refractivity contribution in [3.05, 3.63) is 24.3 Å². The third-order valence-electron chi connectivity index (χ3n) is 4.56. The highest BCUT2D eigenvalue weighted by Gasteiger charge is 2.48. The van der Waals surface area contributed by atoms with Crippen molar-refractivity contribution in [3.8, 4) is 5.75 Å². The average Bonchev–Trinajstić information content (AvgIpc) is 2.53. The van der Waals surface area contributed by atoms with Gasteiger partial charge < -0.3 is 10.1 Å². The Morgan fingerprint density at radius 3 is 2.67 bits per heavy atom. The Morgan fingerprint density at radius 2 is 1.95 bits per heavy atom. The van der Waals surface area contributed by atoms with Crippen molar-refractivity contribution in [2.45, 2.75) is 32.1 Å². The molecule has 2 fully saturated rings. The molecular weight excluding hydrogens is 268 g/mol. The van der Waals surface area contributed by atoms with Crippen LogP contribution in [0, 0.1) is 5.41 Å². The van der Waals surface area contributed by atoms with E-state index >= 15 is 0 Å². The molecule has 112 valence electrons. The normalized spacial score (nSPS) is 21.3. The van der Waals surface area contributed by atoms with Crippen LogP contribution in [0.1, 0.15) is 32.1 Å². The Morgan fingerprint density at radius 1 is 1.19 bits per heavy atom. The van der Waals surface area contributed by atoms with Crippen LogP contribution in [0.15, 0.2) is 24.3 Å². The van der Waals surface area contributed by atoms with Crippen LogP contribution in [0.5, 0.6) is 5.75 Å². The zero-order chi connectivity index (χ0) is 14.9. The molecule has 21 heavy (non-hydrogen) atoms. The fourth-order valence-corrected chi connectivity index (χ4v) is 3.33. The van der Waals surface area contributed by atoms with Gasteiger partial charge in [-0.3, -0.25) is 4.79 Å². The van der Waals surface area contributed by atoms with E-state index < -0.39 is 5.41 Å². The second-order valence-corrected chi connectivity index (χ2v) is 5.84. The van der Waals surface area contributed by atoms with Crippen LogP contribution in [0.3, 0.4) is 0 Å². The Labute approximate surface area is 124 Å². The second-order valence-electron chi connectivity index (χ2n) is 5.84. The standard InChI is InChI=1S/C16H20N2O3/c1-21-13-7-5-6-12(10-13)18-14(19)16(11-17-15(18)20)8-3-2-4-9-16/h5-7,10H,2-4,8-9,11H2,1H3,(H,17,20). The Bertz CT molecular complexity index is 564. The molecule has 1 aromatic rings. The number of ether oxygens (including phenoxy) is 1. The van der Waals surface area contributed by atoms with Crippen LogP contribution in [-0.2, 0) is 4.79 Å². The summed E-state index contributed by atoms with van der Waals surface area (Å²) in [7, 11) is 1.57. The molecule has 1 saturated carbocycles. The third kappa shape index (κ3) is 2.37. The van der Waals surface area contributed by atoms with Gasteiger partial charge in [0.1, 0.15) is 5.75 Å². The summed E-state index contributed by atoms with van der Waals surface area (Å²) in [4.78, 5) is 26.4. The maximum absolute atomic E-state index is 12.9. The predicted octanol–water partition coefficient (Wildman–Crippen LogP) is 2.70. The number of nitrogens with one attached hydrogen (secondary N) is 1. The smallest absolute Gasteiger partial charge is 0.328 e. The molecule has 1 aromatic carbocycles. The quantitative estimate of drug-likeness (QED) is 0.910. The molecule has 1 N–H and O–H groups in total. The van der Waals surface area contributed by atoms with Gasteiger partial charge in [0.05, 0.1) is 18.2 Å². The summed E-state index contributed by atoms with van der Waals surface area (Å²) in [6.07, 6.45) is 4.97. The summed E-state index contributed by atoms with van der Waals surface area (Å²) < 4.78 is 5.18. The van der Waals surface area contributed by atoms with E-state index in [9.17, 15) is 9.59 Å². The van der Waals surface area contributed by atoms with Crippen molar-refractivity contribution in [2.24, 2.45) is 5.41 Å². The number of rotatable bonds is 2. The molecule has 2 aliphatic rings. The van der Waals surface area contributed by atoms with E-state index in [1.165, 1.54) is 11.3 Å². The Hall–Kier alpha value is -2.04. The van der Waals surface area contributed by atoms with Crippen LogP contribution < -0.4 is 15.0 Å². The lowest BCUT2D eigenvalue weighted by molar-refractivity contribution is -0.130. The monoisotopic (exact) mass is 288 g/mol. The van der Waals surface area contributed by atoms with Crippen LogP contribution in [0.2, 0.25) is 0 Å². The van der Waals surface area contributed by atoms with E-state index in [0.717, 1.165) is 25.7 Å². The van der Waals surface area contributed by atoms with Gasteiger partial charge in [-0.25, -0.2) is 9.69 Å². The van der Waals surface area contributed by atoms with Crippen LogP contribution in [-0.4, -0.2) is 25.6 Å². The van der Waals surface area contributed by atoms with E-state index in [1.54, 1.807) is 31.4 Å². The van der Waals surface area contributed by atoms with Crippen molar-refractivity contribution >= 4 is 17.6 Å². The molecule has 1 spiro atoms. The first-order valence-corrected chi connectivity index (χ1v) is 7.43. The van der Waals surface area contributed by atoms with E-state index in [4.69, 9.17) is 4.74 Å². The molecule has 0 unspecified atom stereocenters. The van der Waals surface area contributed by atoms with Gasteiger partial charge in [-0.1, -0.05) is 25.3 Å². The molecule has 1 heterocycles. The van der Waals surface area contributed by atoms with Crippen molar-refractivity contribution in [3.63, 3.8) is 0 Å².